The summed E-state index contributed by atoms with van der Waals surface area (Å²) in [6, 6.07) is 0. The van der Waals surface area contributed by atoms with Crippen molar-refractivity contribution in [3.63, 3.8) is 0 Å². The second kappa shape index (κ2) is 5.74. The van der Waals surface area contributed by atoms with Crippen molar-refractivity contribution in [1.82, 2.24) is 19.5 Å². The second-order valence-electron chi connectivity index (χ2n) is 5.13. The average Bonchev–Trinajstić information content (AvgIpc) is 2.78. The summed E-state index contributed by atoms with van der Waals surface area (Å²) in [5.41, 5.74) is 8.60. The number of nitrogens with two attached hydrogens (primary N) is 1. The van der Waals surface area contributed by atoms with E-state index in [9.17, 15) is 10.0 Å². The first-order chi connectivity index (χ1) is 10.8. The summed E-state index contributed by atoms with van der Waals surface area (Å²) >= 11 is 5.48. The van der Waals surface area contributed by atoms with Gasteiger partial charge in [0.15, 0.2) is 5.65 Å². The summed E-state index contributed by atoms with van der Waals surface area (Å²) in [6.45, 7) is 3.96. The van der Waals surface area contributed by atoms with E-state index in [1.807, 2.05) is 13.8 Å². The Morgan fingerprint density at radius 2 is 2.17 bits per heavy atom. The number of fused-ring (bicyclic) bond motifs is 1. The number of nitrogens with one attached hydrogen (secondary N) is 1. The number of halogens is 2. The highest BCUT2D eigenvalue weighted by Crippen LogP contribution is 2.21. The van der Waals surface area contributed by atoms with Gasteiger partial charge in [-0.15, -0.1) is 0 Å². The van der Waals surface area contributed by atoms with E-state index in [4.69, 9.17) is 5.73 Å². The van der Waals surface area contributed by atoms with Crippen LogP contribution in [-0.2, 0) is 6.54 Å². The normalized spacial score (nSPS) is 11.3. The fourth-order valence-electron chi connectivity index (χ4n) is 2.41. The predicted molar refractivity (Wildman–Crippen MR) is 95.4 cm³/mol. The van der Waals surface area contributed by atoms with Gasteiger partial charge in [-0.25, -0.2) is 9.78 Å². The lowest BCUT2D eigenvalue weighted by molar-refractivity contribution is -0.910. The molecule has 0 fully saturated rings. The molecule has 0 aliphatic rings. The van der Waals surface area contributed by atoms with E-state index in [0.29, 0.717) is 21.5 Å². The number of nitrogen functional groups attached to an aromatic ring is 1. The molecule has 0 saturated heterocycles. The Labute approximate surface area is 152 Å². The van der Waals surface area contributed by atoms with E-state index in [-0.39, 0.29) is 18.2 Å². The molecular formula is C13H13BrIN6O2+. The quantitative estimate of drug-likeness (QED) is 0.216. The van der Waals surface area contributed by atoms with Gasteiger partial charge in [0.05, 0.1) is 0 Å². The largest absolute Gasteiger partial charge is 0.368 e. The summed E-state index contributed by atoms with van der Waals surface area (Å²) in [6.07, 6.45) is 1.61. The molecule has 0 bridgehead atoms. The molecule has 0 unspecified atom stereocenters. The first kappa shape index (κ1) is 16.2. The number of aryl methyl sites for hydroxylation is 1. The summed E-state index contributed by atoms with van der Waals surface area (Å²) in [5, 5.41) is 10.2. The van der Waals surface area contributed by atoms with Gasteiger partial charge in [0.2, 0.25) is 12.1 Å². The molecule has 0 aliphatic heterocycles. The maximum Gasteiger partial charge on any atom is 0.328 e. The van der Waals surface area contributed by atoms with Crippen molar-refractivity contribution < 1.29 is 9.94 Å². The van der Waals surface area contributed by atoms with Crippen LogP contribution in [0.3, 0.4) is 0 Å². The van der Waals surface area contributed by atoms with Crippen LogP contribution >= 0.6 is 38.5 Å². The van der Waals surface area contributed by atoms with Gasteiger partial charge < -0.3 is 10.7 Å². The van der Waals surface area contributed by atoms with Gasteiger partial charge in [-0.05, 0) is 52.4 Å². The molecule has 120 valence electrons. The first-order valence-corrected chi connectivity index (χ1v) is 8.47. The lowest BCUT2D eigenvalue weighted by Crippen LogP contribution is -2.39. The number of aromatic nitrogens is 5. The van der Waals surface area contributed by atoms with Crippen LogP contribution in [0, 0.1) is 17.4 Å². The maximum absolute atomic E-state index is 12.3. The molecule has 3 aromatic rings. The molecule has 0 radical (unpaired) electrons. The highest BCUT2D eigenvalue weighted by Gasteiger charge is 2.23. The van der Waals surface area contributed by atoms with E-state index < -0.39 is 0 Å². The number of hydrogen-bond acceptors (Lipinski definition) is 5. The van der Waals surface area contributed by atoms with E-state index >= 15 is 0 Å². The van der Waals surface area contributed by atoms with Crippen LogP contribution in [0.5, 0.6) is 0 Å². The minimum Gasteiger partial charge on any atom is -0.368 e. The highest BCUT2D eigenvalue weighted by atomic mass is 127. The molecule has 0 atom stereocenters. The fraction of sp³-hybridized carbons (Fsp3) is 0.231. The average molecular weight is 492 g/mol. The smallest absolute Gasteiger partial charge is 0.328 e. The van der Waals surface area contributed by atoms with Gasteiger partial charge in [-0.1, -0.05) is 0 Å². The molecule has 0 aliphatic carbocycles. The minimum atomic E-state index is -0.351. The van der Waals surface area contributed by atoms with E-state index in [1.165, 1.54) is 4.57 Å². The SMILES string of the molecule is Cc1c[n+](O)c(Cn2c(=O)[nH]c3c(Br)nc(N)nc32)c(C)c1I. The van der Waals surface area contributed by atoms with Crippen LogP contribution in [0.1, 0.15) is 16.8 Å². The fourth-order valence-corrected chi connectivity index (χ4v) is 3.32. The third kappa shape index (κ3) is 2.69. The van der Waals surface area contributed by atoms with Crippen LogP contribution in [-0.4, -0.2) is 24.7 Å². The molecular weight excluding hydrogens is 479 g/mol. The van der Waals surface area contributed by atoms with Crippen molar-refractivity contribution in [2.75, 3.05) is 5.73 Å². The molecule has 0 saturated carbocycles. The molecule has 3 aromatic heterocycles. The Morgan fingerprint density at radius 1 is 1.48 bits per heavy atom. The van der Waals surface area contributed by atoms with Crippen LogP contribution in [0.25, 0.3) is 11.2 Å². The van der Waals surface area contributed by atoms with Crippen molar-refractivity contribution in [2.45, 2.75) is 20.4 Å². The summed E-state index contributed by atoms with van der Waals surface area (Å²) in [4.78, 5) is 23.1. The maximum atomic E-state index is 12.3. The van der Waals surface area contributed by atoms with Gasteiger partial charge in [0.25, 0.3) is 5.69 Å². The van der Waals surface area contributed by atoms with E-state index in [2.05, 4.69) is 53.5 Å². The monoisotopic (exact) mass is 491 g/mol. The lowest BCUT2D eigenvalue weighted by atomic mass is 10.1. The van der Waals surface area contributed by atoms with Gasteiger partial charge in [0.1, 0.15) is 16.7 Å². The number of nitrogens with zero attached hydrogens (tertiary/aromatic N) is 4. The van der Waals surface area contributed by atoms with Crippen molar-refractivity contribution in [2.24, 2.45) is 0 Å². The second-order valence-corrected chi connectivity index (χ2v) is 6.96. The molecule has 10 heteroatoms. The number of hydrogen-bond donors (Lipinski definition) is 3. The standard InChI is InChI=1S/C13H12BrIN6O2/c1-5-3-21(23)7(6(2)8(5)15)4-20-11-9(17-13(20)22)10(14)18-12(16)19-11/h3H,4H2,1-2H3,(H3-,16,17,18,19,22,23)/p+1. The van der Waals surface area contributed by atoms with Crippen LogP contribution in [0.2, 0.25) is 0 Å². The number of pyridine rings is 1. The molecule has 4 N–H and O–H groups in total. The summed E-state index contributed by atoms with van der Waals surface area (Å²) in [7, 11) is 0. The van der Waals surface area contributed by atoms with Crippen LogP contribution < -0.4 is 16.2 Å². The number of imidazole rings is 1. The third-order valence-corrected chi connectivity index (χ3v) is 5.84. The predicted octanol–water partition coefficient (Wildman–Crippen LogP) is 1.26. The molecule has 23 heavy (non-hydrogen) atoms. The van der Waals surface area contributed by atoms with Gasteiger partial charge >= 0.3 is 5.69 Å². The molecule has 8 nitrogen and oxygen atoms in total. The highest BCUT2D eigenvalue weighted by molar-refractivity contribution is 14.1. The Bertz CT molecular complexity index is 997. The number of rotatable bonds is 2. The molecule has 0 amide bonds. The Morgan fingerprint density at radius 3 is 2.87 bits per heavy atom. The van der Waals surface area contributed by atoms with Crippen LogP contribution in [0.4, 0.5) is 5.95 Å². The molecule has 0 spiro atoms. The van der Waals surface area contributed by atoms with E-state index in [1.54, 1.807) is 6.20 Å². The Kier molecular flexibility index (Phi) is 4.04. The topological polar surface area (TPSA) is 114 Å². The van der Waals surface area contributed by atoms with Gasteiger partial charge in [-0.2, -0.15) is 4.98 Å². The summed E-state index contributed by atoms with van der Waals surface area (Å²) < 4.78 is 3.91. The zero-order valence-electron chi connectivity index (χ0n) is 12.3. The number of H-pyrrole nitrogens is 1. The number of anilines is 1. The third-order valence-electron chi connectivity index (χ3n) is 3.60. The van der Waals surface area contributed by atoms with Crippen molar-refractivity contribution in [3.05, 3.63) is 41.7 Å². The van der Waals surface area contributed by atoms with Crippen LogP contribution in [0.15, 0.2) is 15.6 Å². The Hall–Kier alpha value is -1.69. The zero-order chi connectivity index (χ0) is 16.9. The van der Waals surface area contributed by atoms with Crippen molar-refractivity contribution in [3.8, 4) is 0 Å². The lowest BCUT2D eigenvalue weighted by Gasteiger charge is -2.06. The first-order valence-electron chi connectivity index (χ1n) is 6.60. The Balaban J connectivity index is 2.23. The molecule has 0 aromatic carbocycles. The molecule has 3 heterocycles. The van der Waals surface area contributed by atoms with E-state index in [0.717, 1.165) is 19.4 Å². The minimum absolute atomic E-state index is 0.0595. The molecule has 3 rings (SSSR count). The van der Waals surface area contributed by atoms with Gasteiger partial charge in [0, 0.05) is 19.4 Å². The van der Waals surface area contributed by atoms with Gasteiger partial charge in [-0.3, -0.25) is 9.77 Å². The number of aromatic amines is 1. The zero-order valence-corrected chi connectivity index (χ0v) is 16.0. The summed E-state index contributed by atoms with van der Waals surface area (Å²) in [5.74, 6) is 0.0595. The van der Waals surface area contributed by atoms with Crippen molar-refractivity contribution in [1.29, 1.82) is 0 Å². The van der Waals surface area contributed by atoms with Crippen molar-refractivity contribution >= 4 is 55.6 Å².